The van der Waals surface area contributed by atoms with E-state index >= 15 is 0 Å². The van der Waals surface area contributed by atoms with Gasteiger partial charge in [0.25, 0.3) is 5.91 Å². The summed E-state index contributed by atoms with van der Waals surface area (Å²) in [7, 11) is 1.48. The van der Waals surface area contributed by atoms with E-state index in [1.54, 1.807) is 55.0 Å². The van der Waals surface area contributed by atoms with E-state index in [0.29, 0.717) is 11.3 Å². The SMILES string of the molecule is CO/N=C/c1ccc(C(=O)Nc2cccnc2)cc1. The van der Waals surface area contributed by atoms with Crippen LogP contribution in [0.3, 0.4) is 0 Å². The molecule has 0 aliphatic rings. The van der Waals surface area contributed by atoms with Gasteiger partial charge in [0.05, 0.1) is 18.1 Å². The molecule has 1 aromatic heterocycles. The lowest BCUT2D eigenvalue weighted by Crippen LogP contribution is -2.11. The third-order valence-corrected chi connectivity index (χ3v) is 2.40. The van der Waals surface area contributed by atoms with E-state index in [1.165, 1.54) is 7.11 Å². The molecular weight excluding hydrogens is 242 g/mol. The zero-order valence-electron chi connectivity index (χ0n) is 10.4. The fourth-order valence-electron chi connectivity index (χ4n) is 1.47. The van der Waals surface area contributed by atoms with Crippen molar-refractivity contribution in [2.24, 2.45) is 5.16 Å². The summed E-state index contributed by atoms with van der Waals surface area (Å²) in [6.07, 6.45) is 4.82. The molecule has 0 unspecified atom stereocenters. The molecule has 2 rings (SSSR count). The monoisotopic (exact) mass is 255 g/mol. The predicted molar refractivity (Wildman–Crippen MR) is 73.2 cm³/mol. The van der Waals surface area contributed by atoms with Crippen LogP contribution in [0.5, 0.6) is 0 Å². The number of amides is 1. The number of oxime groups is 1. The maximum Gasteiger partial charge on any atom is 0.255 e. The van der Waals surface area contributed by atoms with Gasteiger partial charge in [0.2, 0.25) is 0 Å². The molecule has 0 atom stereocenters. The Kier molecular flexibility index (Phi) is 4.23. The molecule has 0 saturated carbocycles. The number of aromatic nitrogens is 1. The number of hydrogen-bond donors (Lipinski definition) is 1. The number of rotatable bonds is 4. The van der Waals surface area contributed by atoms with Gasteiger partial charge in [-0.15, -0.1) is 0 Å². The number of anilines is 1. The van der Waals surface area contributed by atoms with Crippen LogP contribution in [0.1, 0.15) is 15.9 Å². The largest absolute Gasteiger partial charge is 0.399 e. The first kappa shape index (κ1) is 12.8. The molecule has 1 amide bonds. The maximum atomic E-state index is 11.9. The molecule has 5 nitrogen and oxygen atoms in total. The predicted octanol–water partition coefficient (Wildman–Crippen LogP) is 2.31. The van der Waals surface area contributed by atoms with Gasteiger partial charge in [-0.05, 0) is 29.8 Å². The first-order chi connectivity index (χ1) is 9.29. The lowest BCUT2D eigenvalue weighted by Gasteiger charge is -2.04. The van der Waals surface area contributed by atoms with Gasteiger partial charge >= 0.3 is 0 Å². The van der Waals surface area contributed by atoms with E-state index < -0.39 is 0 Å². The molecule has 5 heteroatoms. The van der Waals surface area contributed by atoms with Gasteiger partial charge in [-0.1, -0.05) is 17.3 Å². The number of hydrogen-bond acceptors (Lipinski definition) is 4. The maximum absolute atomic E-state index is 11.9. The van der Waals surface area contributed by atoms with Gasteiger partial charge in [-0.2, -0.15) is 0 Å². The van der Waals surface area contributed by atoms with E-state index in [9.17, 15) is 4.79 Å². The summed E-state index contributed by atoms with van der Waals surface area (Å²) in [5.41, 5.74) is 2.09. The minimum absolute atomic E-state index is 0.178. The summed E-state index contributed by atoms with van der Waals surface area (Å²) in [5.74, 6) is -0.178. The Labute approximate surface area is 110 Å². The molecule has 0 saturated heterocycles. The lowest BCUT2D eigenvalue weighted by atomic mass is 10.1. The molecule has 2 aromatic rings. The number of carbonyl (C=O) groups excluding carboxylic acids is 1. The molecule has 96 valence electrons. The fourth-order valence-corrected chi connectivity index (χ4v) is 1.47. The standard InChI is InChI=1S/C14H13N3O2/c1-19-16-9-11-4-6-12(7-5-11)14(18)17-13-3-2-8-15-10-13/h2-10H,1H3,(H,17,18)/b16-9+. The number of nitrogens with one attached hydrogen (secondary N) is 1. The van der Waals surface area contributed by atoms with Crippen LogP contribution < -0.4 is 5.32 Å². The van der Waals surface area contributed by atoms with Crippen LogP contribution in [-0.2, 0) is 4.84 Å². The van der Waals surface area contributed by atoms with Crippen LogP contribution in [0.15, 0.2) is 53.9 Å². The van der Waals surface area contributed by atoms with Gasteiger partial charge in [0, 0.05) is 11.8 Å². The molecule has 0 bridgehead atoms. The van der Waals surface area contributed by atoms with Crippen LogP contribution in [-0.4, -0.2) is 24.2 Å². The summed E-state index contributed by atoms with van der Waals surface area (Å²) >= 11 is 0. The summed E-state index contributed by atoms with van der Waals surface area (Å²) in [6.45, 7) is 0. The molecule has 1 heterocycles. The van der Waals surface area contributed by atoms with E-state index in [2.05, 4.69) is 20.3 Å². The average molecular weight is 255 g/mol. The number of carbonyl (C=O) groups is 1. The van der Waals surface area contributed by atoms with Gasteiger partial charge in [0.15, 0.2) is 0 Å². The summed E-state index contributed by atoms with van der Waals surface area (Å²) in [5, 5.41) is 6.41. The molecule has 0 fully saturated rings. The molecule has 0 spiro atoms. The second-order valence-corrected chi connectivity index (χ2v) is 3.73. The van der Waals surface area contributed by atoms with Crippen molar-refractivity contribution in [2.75, 3.05) is 12.4 Å². The van der Waals surface area contributed by atoms with Crippen molar-refractivity contribution in [3.8, 4) is 0 Å². The highest BCUT2D eigenvalue weighted by Crippen LogP contribution is 2.08. The quantitative estimate of drug-likeness (QED) is 0.673. The second kappa shape index (κ2) is 6.30. The smallest absolute Gasteiger partial charge is 0.255 e. The third-order valence-electron chi connectivity index (χ3n) is 2.40. The van der Waals surface area contributed by atoms with Crippen LogP contribution in [0.4, 0.5) is 5.69 Å². The summed E-state index contributed by atoms with van der Waals surface area (Å²) < 4.78 is 0. The fraction of sp³-hybridized carbons (Fsp3) is 0.0714. The zero-order valence-corrected chi connectivity index (χ0v) is 10.4. The van der Waals surface area contributed by atoms with Gasteiger partial charge in [-0.3, -0.25) is 9.78 Å². The Morgan fingerprint density at radius 2 is 2.11 bits per heavy atom. The number of pyridine rings is 1. The van der Waals surface area contributed by atoms with Crippen LogP contribution in [0, 0.1) is 0 Å². The molecule has 0 aliphatic heterocycles. The van der Waals surface area contributed by atoms with E-state index in [1.807, 2.05) is 0 Å². The Hall–Kier alpha value is -2.69. The van der Waals surface area contributed by atoms with E-state index in [4.69, 9.17) is 0 Å². The van der Waals surface area contributed by atoms with Crippen molar-refractivity contribution in [3.63, 3.8) is 0 Å². The van der Waals surface area contributed by atoms with E-state index in [0.717, 1.165) is 5.56 Å². The van der Waals surface area contributed by atoms with Crippen molar-refractivity contribution in [2.45, 2.75) is 0 Å². The highest BCUT2D eigenvalue weighted by Gasteiger charge is 2.05. The second-order valence-electron chi connectivity index (χ2n) is 3.73. The molecule has 19 heavy (non-hydrogen) atoms. The minimum Gasteiger partial charge on any atom is -0.399 e. The van der Waals surface area contributed by atoms with Crippen LogP contribution in [0.2, 0.25) is 0 Å². The highest BCUT2D eigenvalue weighted by atomic mass is 16.6. The van der Waals surface area contributed by atoms with Gasteiger partial charge < -0.3 is 10.2 Å². The summed E-state index contributed by atoms with van der Waals surface area (Å²) in [6, 6.07) is 10.6. The van der Waals surface area contributed by atoms with Crippen molar-refractivity contribution >= 4 is 17.8 Å². The first-order valence-corrected chi connectivity index (χ1v) is 5.67. The third kappa shape index (κ3) is 3.64. The minimum atomic E-state index is -0.178. The topological polar surface area (TPSA) is 63.6 Å². The van der Waals surface area contributed by atoms with Crippen LogP contribution >= 0.6 is 0 Å². The lowest BCUT2D eigenvalue weighted by molar-refractivity contribution is 0.102. The van der Waals surface area contributed by atoms with Crippen molar-refractivity contribution in [1.82, 2.24) is 4.98 Å². The van der Waals surface area contributed by atoms with Gasteiger partial charge in [0.1, 0.15) is 7.11 Å². The van der Waals surface area contributed by atoms with Crippen molar-refractivity contribution < 1.29 is 9.63 Å². The Morgan fingerprint density at radius 3 is 2.74 bits per heavy atom. The highest BCUT2D eigenvalue weighted by molar-refractivity contribution is 6.04. The average Bonchev–Trinajstić information content (AvgIpc) is 2.46. The molecule has 0 aliphatic carbocycles. The molecule has 1 aromatic carbocycles. The first-order valence-electron chi connectivity index (χ1n) is 5.67. The van der Waals surface area contributed by atoms with Crippen LogP contribution in [0.25, 0.3) is 0 Å². The van der Waals surface area contributed by atoms with Gasteiger partial charge in [-0.25, -0.2) is 0 Å². The molecule has 0 radical (unpaired) electrons. The zero-order chi connectivity index (χ0) is 13.5. The number of benzene rings is 1. The normalized spacial score (nSPS) is 10.4. The summed E-state index contributed by atoms with van der Waals surface area (Å²) in [4.78, 5) is 20.5. The van der Waals surface area contributed by atoms with Crippen molar-refractivity contribution in [1.29, 1.82) is 0 Å². The molecular formula is C14H13N3O2. The molecule has 1 N–H and O–H groups in total. The number of nitrogens with zero attached hydrogens (tertiary/aromatic N) is 2. The Morgan fingerprint density at radius 1 is 1.32 bits per heavy atom. The Bertz CT molecular complexity index is 565. The van der Waals surface area contributed by atoms with E-state index in [-0.39, 0.29) is 5.91 Å². The Balaban J connectivity index is 2.05. The van der Waals surface area contributed by atoms with Crippen molar-refractivity contribution in [3.05, 3.63) is 59.9 Å².